The first-order valence-corrected chi connectivity index (χ1v) is 22.7. The van der Waals surface area contributed by atoms with Gasteiger partial charge in [0, 0.05) is 47.9 Å². The molecule has 0 amide bonds. The number of anilines is 3. The summed E-state index contributed by atoms with van der Waals surface area (Å²) >= 11 is 1.86. The Kier molecular flexibility index (Phi) is 8.34. The highest BCUT2D eigenvalue weighted by atomic mass is 32.1. The molecule has 0 unspecified atom stereocenters. The maximum absolute atomic E-state index is 6.31. The molecule has 2 aromatic heterocycles. The summed E-state index contributed by atoms with van der Waals surface area (Å²) in [5, 5.41) is 4.91. The lowest BCUT2D eigenvalue weighted by atomic mass is 9.68. The third-order valence-electron chi connectivity index (χ3n) is 13.4. The Hall–Kier alpha value is -7.98. The van der Waals surface area contributed by atoms with Crippen LogP contribution < -0.4 is 4.90 Å². The van der Waals surface area contributed by atoms with Crippen molar-refractivity contribution in [3.05, 3.63) is 259 Å². The second-order valence-electron chi connectivity index (χ2n) is 16.8. The zero-order valence-corrected chi connectivity index (χ0v) is 35.6. The molecule has 0 saturated heterocycles. The van der Waals surface area contributed by atoms with E-state index in [2.05, 4.69) is 229 Å². The molecule has 0 radical (unpaired) electrons. The smallest absolute Gasteiger partial charge is 0.136 e. The Morgan fingerprint density at radius 2 is 0.891 bits per heavy atom. The predicted molar refractivity (Wildman–Crippen MR) is 269 cm³/mol. The molecule has 13 rings (SSSR count). The van der Waals surface area contributed by atoms with E-state index < -0.39 is 5.41 Å². The van der Waals surface area contributed by atoms with Gasteiger partial charge in [0.1, 0.15) is 11.2 Å². The van der Waals surface area contributed by atoms with E-state index in [1.807, 2.05) is 23.5 Å². The van der Waals surface area contributed by atoms with Gasteiger partial charge in [-0.15, -0.1) is 11.3 Å². The highest BCUT2D eigenvalue weighted by Gasteiger charge is 2.47. The van der Waals surface area contributed by atoms with Gasteiger partial charge < -0.3 is 9.32 Å². The molecule has 2 nitrogen and oxygen atoms in total. The number of nitrogens with zero attached hydrogens (tertiary/aromatic N) is 1. The molecule has 0 atom stereocenters. The molecule has 0 aliphatic heterocycles. The molecular formula is C61H39NOS. The van der Waals surface area contributed by atoms with Crippen molar-refractivity contribution in [3.63, 3.8) is 0 Å². The van der Waals surface area contributed by atoms with Crippen molar-refractivity contribution in [2.45, 2.75) is 5.41 Å². The zero-order valence-electron chi connectivity index (χ0n) is 34.8. The molecule has 64 heavy (non-hydrogen) atoms. The predicted octanol–water partition coefficient (Wildman–Crippen LogP) is 17.1. The molecule has 0 saturated carbocycles. The number of furan rings is 1. The van der Waals surface area contributed by atoms with Crippen molar-refractivity contribution >= 4 is 70.5 Å². The summed E-state index contributed by atoms with van der Waals surface area (Å²) in [6, 6.07) is 86.6. The third-order valence-corrected chi connectivity index (χ3v) is 14.5. The molecule has 0 N–H and O–H groups in total. The topological polar surface area (TPSA) is 16.4 Å². The SMILES string of the molecule is c1ccc(C2(c3ccccc3)c3ccccc3-c3c(N(c4ccc(-c5ccc6c(c5)oc5ccccc56)cc4)c4ccc(-c5ccc6c(c5)sc5ccccc56)cc4)cccc32)cc1. The van der Waals surface area contributed by atoms with Crippen LogP contribution in [0.25, 0.3) is 75.5 Å². The van der Waals surface area contributed by atoms with Gasteiger partial charge in [-0.25, -0.2) is 0 Å². The van der Waals surface area contributed by atoms with Gasteiger partial charge in [0.05, 0.1) is 11.1 Å². The van der Waals surface area contributed by atoms with Crippen molar-refractivity contribution in [3.8, 4) is 33.4 Å². The van der Waals surface area contributed by atoms with E-state index in [9.17, 15) is 0 Å². The van der Waals surface area contributed by atoms with Crippen LogP contribution in [0.2, 0.25) is 0 Å². The summed E-state index contributed by atoms with van der Waals surface area (Å²) in [4.78, 5) is 2.45. The van der Waals surface area contributed by atoms with Crippen LogP contribution in [0.3, 0.4) is 0 Å². The Labute approximate surface area is 375 Å². The van der Waals surface area contributed by atoms with Crippen molar-refractivity contribution in [2.24, 2.45) is 0 Å². The van der Waals surface area contributed by atoms with Crippen LogP contribution >= 0.6 is 11.3 Å². The Morgan fingerprint density at radius 3 is 1.61 bits per heavy atom. The summed E-state index contributed by atoms with van der Waals surface area (Å²) in [5.41, 5.74) is 16.8. The van der Waals surface area contributed by atoms with Gasteiger partial charge in [0.25, 0.3) is 0 Å². The second-order valence-corrected chi connectivity index (χ2v) is 17.9. The lowest BCUT2D eigenvalue weighted by molar-refractivity contribution is 0.669. The van der Waals surface area contributed by atoms with Crippen molar-refractivity contribution in [2.75, 3.05) is 4.90 Å². The first-order chi connectivity index (χ1) is 31.7. The fraction of sp³-hybridized carbons (Fsp3) is 0.0164. The molecule has 0 bridgehead atoms. The van der Waals surface area contributed by atoms with E-state index in [0.717, 1.165) is 50.1 Å². The number of hydrogen-bond donors (Lipinski definition) is 0. The largest absolute Gasteiger partial charge is 0.456 e. The lowest BCUT2D eigenvalue weighted by Gasteiger charge is -2.34. The number of para-hydroxylation sites is 1. The van der Waals surface area contributed by atoms with E-state index in [1.165, 1.54) is 64.7 Å². The Balaban J connectivity index is 0.985. The number of rotatable bonds is 7. The molecule has 1 aliphatic rings. The van der Waals surface area contributed by atoms with E-state index in [-0.39, 0.29) is 0 Å². The first-order valence-electron chi connectivity index (χ1n) is 21.9. The fourth-order valence-electron chi connectivity index (χ4n) is 10.5. The minimum absolute atomic E-state index is 0.510. The average Bonchev–Trinajstić information content (AvgIpc) is 4.03. The van der Waals surface area contributed by atoms with Gasteiger partial charge in [-0.1, -0.05) is 176 Å². The first kappa shape index (κ1) is 36.7. The standard InChI is InChI=1S/C61H39NOS/c1-3-14-44(15-4-1)61(45-16-5-2-6-17-45)53-21-10-7-20-52(53)60-54(61)22-13-23-55(60)62(46-32-26-40(27-33-46)42-30-36-49-48-18-8-11-24-56(48)63-57(49)38-42)47-34-28-41(29-35-47)43-31-37-51-50-19-9-12-25-58(50)64-59(51)39-43/h1-39H. The molecule has 10 aromatic carbocycles. The molecule has 300 valence electrons. The van der Waals surface area contributed by atoms with Crippen molar-refractivity contribution in [1.82, 2.24) is 0 Å². The quantitative estimate of drug-likeness (QED) is 0.159. The molecule has 3 heteroatoms. The summed E-state index contributed by atoms with van der Waals surface area (Å²) in [7, 11) is 0. The van der Waals surface area contributed by atoms with Crippen molar-refractivity contribution < 1.29 is 4.42 Å². The molecule has 2 heterocycles. The van der Waals surface area contributed by atoms with Crippen molar-refractivity contribution in [1.29, 1.82) is 0 Å². The number of benzene rings is 10. The Bertz CT molecular complexity index is 3520. The zero-order chi connectivity index (χ0) is 42.2. The molecule has 0 fully saturated rings. The summed E-state index contributed by atoms with van der Waals surface area (Å²) in [5.74, 6) is 0. The molecule has 12 aromatic rings. The van der Waals surface area contributed by atoms with Crippen LogP contribution in [-0.4, -0.2) is 0 Å². The summed E-state index contributed by atoms with van der Waals surface area (Å²) in [6.45, 7) is 0. The van der Waals surface area contributed by atoms with Crippen LogP contribution in [0.4, 0.5) is 17.1 Å². The lowest BCUT2D eigenvalue weighted by Crippen LogP contribution is -2.28. The van der Waals surface area contributed by atoms with Crippen LogP contribution in [0.15, 0.2) is 241 Å². The van der Waals surface area contributed by atoms with E-state index >= 15 is 0 Å². The van der Waals surface area contributed by atoms with Gasteiger partial charge in [0.2, 0.25) is 0 Å². The van der Waals surface area contributed by atoms with E-state index in [0.29, 0.717) is 0 Å². The average molecular weight is 834 g/mol. The maximum Gasteiger partial charge on any atom is 0.136 e. The van der Waals surface area contributed by atoms with Crippen LogP contribution in [0, 0.1) is 0 Å². The van der Waals surface area contributed by atoms with Crippen LogP contribution in [0.5, 0.6) is 0 Å². The van der Waals surface area contributed by atoms with Crippen LogP contribution in [0.1, 0.15) is 22.3 Å². The van der Waals surface area contributed by atoms with Gasteiger partial charge in [-0.3, -0.25) is 0 Å². The Morgan fingerprint density at radius 1 is 0.359 bits per heavy atom. The maximum atomic E-state index is 6.31. The normalized spacial score (nSPS) is 12.8. The molecule has 0 spiro atoms. The molecule has 1 aliphatic carbocycles. The second kappa shape index (κ2) is 14.6. The number of hydrogen-bond acceptors (Lipinski definition) is 3. The monoisotopic (exact) mass is 833 g/mol. The third kappa shape index (κ3) is 5.58. The highest BCUT2D eigenvalue weighted by Crippen LogP contribution is 2.59. The van der Waals surface area contributed by atoms with E-state index in [1.54, 1.807) is 0 Å². The van der Waals surface area contributed by atoms with Gasteiger partial charge in [0.15, 0.2) is 0 Å². The molecular weight excluding hydrogens is 795 g/mol. The van der Waals surface area contributed by atoms with E-state index in [4.69, 9.17) is 4.42 Å². The highest BCUT2D eigenvalue weighted by molar-refractivity contribution is 7.25. The fourth-order valence-corrected chi connectivity index (χ4v) is 11.6. The number of thiophene rings is 1. The summed E-state index contributed by atoms with van der Waals surface area (Å²) in [6.07, 6.45) is 0. The summed E-state index contributed by atoms with van der Waals surface area (Å²) < 4.78 is 8.94. The minimum Gasteiger partial charge on any atom is -0.456 e. The minimum atomic E-state index is -0.510. The van der Waals surface area contributed by atoms with Crippen LogP contribution in [-0.2, 0) is 5.41 Å². The number of fused-ring (bicyclic) bond motifs is 9. The van der Waals surface area contributed by atoms with Gasteiger partial charge >= 0.3 is 0 Å². The van der Waals surface area contributed by atoms with Gasteiger partial charge in [-0.2, -0.15) is 0 Å². The van der Waals surface area contributed by atoms with Gasteiger partial charge in [-0.05, 0) is 111 Å².